The van der Waals surface area contributed by atoms with Crippen molar-refractivity contribution in [3.8, 4) is 11.5 Å². The molecule has 0 spiro atoms. The number of carbonyl (C=O) groups excluding carboxylic acids is 2. The van der Waals surface area contributed by atoms with Gasteiger partial charge in [0.1, 0.15) is 13.2 Å². The van der Waals surface area contributed by atoms with Crippen molar-refractivity contribution < 1.29 is 19.1 Å². The molecule has 3 aliphatic rings. The maximum atomic E-state index is 13.4. The number of hydrogen-bond acceptors (Lipinski definition) is 4. The fourth-order valence-electron chi connectivity index (χ4n) is 4.73. The van der Waals surface area contributed by atoms with Gasteiger partial charge in [-0.05, 0) is 49.6 Å². The lowest BCUT2D eigenvalue weighted by Crippen LogP contribution is -2.37. The van der Waals surface area contributed by atoms with Gasteiger partial charge in [-0.25, -0.2) is 0 Å². The monoisotopic (exact) mass is 406 g/mol. The first-order chi connectivity index (χ1) is 14.6. The summed E-state index contributed by atoms with van der Waals surface area (Å²) in [6.45, 7) is 4.31. The van der Waals surface area contributed by atoms with E-state index in [2.05, 4.69) is 0 Å². The average Bonchev–Trinajstić information content (AvgIpc) is 3.41. The lowest BCUT2D eigenvalue weighted by molar-refractivity contribution is -0.136. The maximum absolute atomic E-state index is 13.4. The van der Waals surface area contributed by atoms with E-state index in [1.165, 1.54) is 0 Å². The van der Waals surface area contributed by atoms with Crippen LogP contribution in [0.3, 0.4) is 0 Å². The van der Waals surface area contributed by atoms with Gasteiger partial charge in [0.15, 0.2) is 11.5 Å². The largest absolute Gasteiger partial charge is 0.486 e. The summed E-state index contributed by atoms with van der Waals surface area (Å²) >= 11 is 0. The van der Waals surface area contributed by atoms with Crippen LogP contribution in [0.4, 0.5) is 5.69 Å². The Kier molecular flexibility index (Phi) is 4.85. The van der Waals surface area contributed by atoms with Crippen molar-refractivity contribution >= 4 is 17.5 Å². The van der Waals surface area contributed by atoms with E-state index in [1.54, 1.807) is 4.90 Å². The van der Waals surface area contributed by atoms with Crippen molar-refractivity contribution in [1.29, 1.82) is 0 Å². The molecule has 5 rings (SSSR count). The minimum Gasteiger partial charge on any atom is -0.486 e. The molecule has 2 amide bonds. The number of amides is 2. The number of anilines is 1. The second-order valence-electron chi connectivity index (χ2n) is 8.33. The number of ether oxygens (including phenoxy) is 2. The number of fused-ring (bicyclic) bond motifs is 1. The second kappa shape index (κ2) is 7.67. The van der Waals surface area contributed by atoms with Gasteiger partial charge in [0.05, 0.1) is 12.0 Å². The topological polar surface area (TPSA) is 59.1 Å². The lowest BCUT2D eigenvalue weighted by atomic mass is 10.0. The van der Waals surface area contributed by atoms with E-state index in [0.717, 1.165) is 47.7 Å². The molecule has 3 heterocycles. The standard InChI is InChI=1S/C24H26N2O4/c1-16-4-7-19(8-5-16)26-15-18(14-23(26)27)24(28)25-10-2-3-20(25)17-6-9-21-22(13-17)30-12-11-29-21/h4-9,13,18,20H,2-3,10-12,14-15H2,1H3/t18-,20+/m0/s1. The average molecular weight is 406 g/mol. The molecule has 0 aromatic heterocycles. The second-order valence-corrected chi connectivity index (χ2v) is 8.33. The van der Waals surface area contributed by atoms with Crippen molar-refractivity contribution in [3.05, 3.63) is 53.6 Å². The Morgan fingerprint density at radius 2 is 1.80 bits per heavy atom. The summed E-state index contributed by atoms with van der Waals surface area (Å²) in [6.07, 6.45) is 2.16. The molecule has 0 N–H and O–H groups in total. The summed E-state index contributed by atoms with van der Waals surface area (Å²) < 4.78 is 11.3. The number of likely N-dealkylation sites (tertiary alicyclic amines) is 1. The normalized spacial score (nSPS) is 23.2. The molecule has 3 aliphatic heterocycles. The van der Waals surface area contributed by atoms with Crippen molar-refractivity contribution in [3.63, 3.8) is 0 Å². The molecule has 0 saturated carbocycles. The molecule has 0 unspecified atom stereocenters. The lowest BCUT2D eigenvalue weighted by Gasteiger charge is -2.28. The van der Waals surface area contributed by atoms with Crippen LogP contribution in [0.2, 0.25) is 0 Å². The zero-order chi connectivity index (χ0) is 20.7. The molecule has 2 saturated heterocycles. The van der Waals surface area contributed by atoms with Crippen LogP contribution in [-0.2, 0) is 9.59 Å². The van der Waals surface area contributed by atoms with Crippen molar-refractivity contribution in [2.24, 2.45) is 5.92 Å². The van der Waals surface area contributed by atoms with Crippen LogP contribution in [0.5, 0.6) is 11.5 Å². The molecule has 2 aromatic rings. The number of carbonyl (C=O) groups is 2. The molecule has 2 aromatic carbocycles. The fraction of sp³-hybridized carbons (Fsp3) is 0.417. The third kappa shape index (κ3) is 3.40. The highest BCUT2D eigenvalue weighted by Crippen LogP contribution is 2.39. The maximum Gasteiger partial charge on any atom is 0.228 e. The van der Waals surface area contributed by atoms with Crippen LogP contribution in [0.15, 0.2) is 42.5 Å². The van der Waals surface area contributed by atoms with Gasteiger partial charge in [-0.2, -0.15) is 0 Å². The van der Waals surface area contributed by atoms with Crippen molar-refractivity contribution in [1.82, 2.24) is 4.90 Å². The van der Waals surface area contributed by atoms with E-state index in [-0.39, 0.29) is 30.2 Å². The minimum absolute atomic E-state index is 0.0206. The Morgan fingerprint density at radius 1 is 1.03 bits per heavy atom. The number of rotatable bonds is 3. The Bertz CT molecular complexity index is 972. The number of nitrogens with zero attached hydrogens (tertiary/aromatic N) is 2. The quantitative estimate of drug-likeness (QED) is 0.783. The number of benzene rings is 2. The van der Waals surface area contributed by atoms with E-state index in [9.17, 15) is 9.59 Å². The first-order valence-corrected chi connectivity index (χ1v) is 10.7. The molecule has 0 radical (unpaired) electrons. The van der Waals surface area contributed by atoms with E-state index in [1.807, 2.05) is 54.3 Å². The van der Waals surface area contributed by atoms with Gasteiger partial charge in [-0.1, -0.05) is 23.8 Å². The highest BCUT2D eigenvalue weighted by molar-refractivity contribution is 6.00. The van der Waals surface area contributed by atoms with Gasteiger partial charge >= 0.3 is 0 Å². The smallest absolute Gasteiger partial charge is 0.228 e. The van der Waals surface area contributed by atoms with E-state index >= 15 is 0 Å². The molecule has 156 valence electrons. The van der Waals surface area contributed by atoms with Crippen LogP contribution >= 0.6 is 0 Å². The highest BCUT2D eigenvalue weighted by Gasteiger charge is 2.40. The van der Waals surface area contributed by atoms with E-state index in [0.29, 0.717) is 19.8 Å². The highest BCUT2D eigenvalue weighted by atomic mass is 16.6. The first kappa shape index (κ1) is 19.0. The van der Waals surface area contributed by atoms with Crippen molar-refractivity contribution in [2.45, 2.75) is 32.2 Å². The molecular formula is C24H26N2O4. The fourth-order valence-corrected chi connectivity index (χ4v) is 4.73. The van der Waals surface area contributed by atoms with Gasteiger partial charge in [0.2, 0.25) is 11.8 Å². The molecule has 6 heteroatoms. The SMILES string of the molecule is Cc1ccc(N2C[C@@H](C(=O)N3CCC[C@@H]3c3ccc4c(c3)OCCO4)CC2=O)cc1. The zero-order valence-corrected chi connectivity index (χ0v) is 17.2. The molecule has 0 aliphatic carbocycles. The Morgan fingerprint density at radius 3 is 2.60 bits per heavy atom. The first-order valence-electron chi connectivity index (χ1n) is 10.7. The summed E-state index contributed by atoms with van der Waals surface area (Å²) in [4.78, 5) is 29.7. The van der Waals surface area contributed by atoms with Gasteiger partial charge < -0.3 is 19.3 Å². The molecule has 30 heavy (non-hydrogen) atoms. The minimum atomic E-state index is -0.295. The van der Waals surface area contributed by atoms with Crippen LogP contribution in [0.25, 0.3) is 0 Å². The van der Waals surface area contributed by atoms with Gasteiger partial charge in [0.25, 0.3) is 0 Å². The van der Waals surface area contributed by atoms with Crippen LogP contribution in [0.1, 0.15) is 36.4 Å². The number of aryl methyl sites for hydroxylation is 1. The van der Waals surface area contributed by atoms with Gasteiger partial charge in [0, 0.05) is 25.2 Å². The van der Waals surface area contributed by atoms with E-state index < -0.39 is 0 Å². The Balaban J connectivity index is 1.33. The molecule has 0 bridgehead atoms. The molecule has 6 nitrogen and oxygen atoms in total. The Labute approximate surface area is 176 Å². The summed E-state index contributed by atoms with van der Waals surface area (Å²) in [7, 11) is 0. The van der Waals surface area contributed by atoms with Crippen molar-refractivity contribution in [2.75, 3.05) is 31.2 Å². The summed E-state index contributed by atoms with van der Waals surface area (Å²) in [5.74, 6) is 1.31. The summed E-state index contributed by atoms with van der Waals surface area (Å²) in [5, 5.41) is 0. The summed E-state index contributed by atoms with van der Waals surface area (Å²) in [5.41, 5.74) is 3.09. The third-order valence-electron chi connectivity index (χ3n) is 6.31. The Hall–Kier alpha value is -3.02. The zero-order valence-electron chi connectivity index (χ0n) is 17.2. The van der Waals surface area contributed by atoms with E-state index in [4.69, 9.17) is 9.47 Å². The molecule has 2 atom stereocenters. The molecular weight excluding hydrogens is 380 g/mol. The van der Waals surface area contributed by atoms with Crippen LogP contribution < -0.4 is 14.4 Å². The molecule has 2 fully saturated rings. The predicted molar refractivity (Wildman–Crippen MR) is 113 cm³/mol. The predicted octanol–water partition coefficient (Wildman–Crippen LogP) is 3.48. The van der Waals surface area contributed by atoms with Gasteiger partial charge in [-0.15, -0.1) is 0 Å². The van der Waals surface area contributed by atoms with Crippen LogP contribution in [-0.4, -0.2) is 43.0 Å². The summed E-state index contributed by atoms with van der Waals surface area (Å²) in [6, 6.07) is 13.9. The van der Waals surface area contributed by atoms with Gasteiger partial charge in [-0.3, -0.25) is 9.59 Å². The number of hydrogen-bond donors (Lipinski definition) is 0. The van der Waals surface area contributed by atoms with Crippen LogP contribution in [0, 0.1) is 12.8 Å². The third-order valence-corrected chi connectivity index (χ3v) is 6.31.